The first-order valence-corrected chi connectivity index (χ1v) is 10.2. The number of nitrogens with zero attached hydrogens (tertiary/aromatic N) is 3. The Morgan fingerprint density at radius 2 is 1.80 bits per heavy atom. The normalized spacial score (nSPS) is 10.8. The zero-order chi connectivity index (χ0) is 20.9. The van der Waals surface area contributed by atoms with Crippen molar-refractivity contribution in [3.63, 3.8) is 0 Å². The molecule has 0 fully saturated rings. The predicted molar refractivity (Wildman–Crippen MR) is 115 cm³/mol. The summed E-state index contributed by atoms with van der Waals surface area (Å²) in [7, 11) is 1.60. The van der Waals surface area contributed by atoms with Gasteiger partial charge in [0.1, 0.15) is 18.1 Å². The predicted octanol–water partition coefficient (Wildman–Crippen LogP) is 4.18. The monoisotopic (exact) mass is 421 g/mol. The van der Waals surface area contributed by atoms with Gasteiger partial charge in [-0.1, -0.05) is 48.2 Å². The smallest absolute Gasteiger partial charge is 0.313 e. The minimum atomic E-state index is -0.919. The molecule has 0 atom stereocenters. The van der Waals surface area contributed by atoms with E-state index in [1.54, 1.807) is 11.7 Å². The molecule has 0 bridgehead atoms. The molecular formula is C22H19N3O4S. The van der Waals surface area contributed by atoms with Gasteiger partial charge in [-0.3, -0.25) is 9.36 Å². The van der Waals surface area contributed by atoms with Gasteiger partial charge in [0.25, 0.3) is 0 Å². The Kier molecular flexibility index (Phi) is 5.85. The number of rotatable bonds is 8. The van der Waals surface area contributed by atoms with Crippen molar-refractivity contribution in [1.29, 1.82) is 0 Å². The van der Waals surface area contributed by atoms with Crippen molar-refractivity contribution in [1.82, 2.24) is 14.8 Å². The van der Waals surface area contributed by atoms with E-state index in [1.807, 2.05) is 66.7 Å². The van der Waals surface area contributed by atoms with Crippen molar-refractivity contribution >= 4 is 28.5 Å². The minimum Gasteiger partial charge on any atom is -0.497 e. The quantitative estimate of drug-likeness (QED) is 0.427. The lowest BCUT2D eigenvalue weighted by Crippen LogP contribution is -2.08. The van der Waals surface area contributed by atoms with Gasteiger partial charge in [-0.2, -0.15) is 0 Å². The average molecular weight is 421 g/mol. The van der Waals surface area contributed by atoms with Crippen LogP contribution in [0.25, 0.3) is 16.5 Å². The summed E-state index contributed by atoms with van der Waals surface area (Å²) in [6.45, 7) is 0.181. The number of aromatic nitrogens is 3. The van der Waals surface area contributed by atoms with Crippen molar-refractivity contribution in [2.45, 2.75) is 11.8 Å². The highest BCUT2D eigenvalue weighted by Crippen LogP contribution is 2.28. The second-order valence-electron chi connectivity index (χ2n) is 6.38. The van der Waals surface area contributed by atoms with Crippen LogP contribution in [-0.2, 0) is 11.4 Å². The van der Waals surface area contributed by atoms with E-state index < -0.39 is 5.97 Å². The number of carbonyl (C=O) groups is 1. The van der Waals surface area contributed by atoms with Crippen LogP contribution >= 0.6 is 11.8 Å². The topological polar surface area (TPSA) is 86.5 Å². The Bertz CT molecular complexity index is 1170. The summed E-state index contributed by atoms with van der Waals surface area (Å²) < 4.78 is 13.1. The van der Waals surface area contributed by atoms with E-state index in [4.69, 9.17) is 14.6 Å². The number of carboxylic acids is 1. The second kappa shape index (κ2) is 8.87. The van der Waals surface area contributed by atoms with Crippen molar-refractivity contribution in [3.05, 3.63) is 72.6 Å². The Labute approximate surface area is 177 Å². The number of fused-ring (bicyclic) bond motifs is 1. The summed E-state index contributed by atoms with van der Waals surface area (Å²) in [5, 5.41) is 20.1. The maximum absolute atomic E-state index is 11.0. The van der Waals surface area contributed by atoms with Crippen LogP contribution < -0.4 is 9.47 Å². The fraction of sp³-hybridized carbons (Fsp3) is 0.136. The summed E-state index contributed by atoms with van der Waals surface area (Å²) in [5.74, 6) is 1.01. The first-order valence-electron chi connectivity index (χ1n) is 9.19. The van der Waals surface area contributed by atoms with Crippen molar-refractivity contribution in [2.24, 2.45) is 0 Å². The van der Waals surface area contributed by atoms with Crippen LogP contribution in [0.4, 0.5) is 0 Å². The molecule has 0 aliphatic rings. The van der Waals surface area contributed by atoms with E-state index in [9.17, 15) is 4.79 Å². The number of hydrogen-bond acceptors (Lipinski definition) is 6. The molecule has 152 valence electrons. The molecule has 4 rings (SSSR count). The van der Waals surface area contributed by atoms with Gasteiger partial charge in [0.05, 0.1) is 12.9 Å². The molecule has 3 aromatic carbocycles. The fourth-order valence-corrected chi connectivity index (χ4v) is 3.76. The first kappa shape index (κ1) is 19.8. The van der Waals surface area contributed by atoms with Gasteiger partial charge in [0.15, 0.2) is 11.0 Å². The third kappa shape index (κ3) is 4.23. The van der Waals surface area contributed by atoms with Gasteiger partial charge in [-0.25, -0.2) is 0 Å². The molecule has 8 heteroatoms. The van der Waals surface area contributed by atoms with Crippen LogP contribution in [0.3, 0.4) is 0 Å². The molecule has 4 aromatic rings. The summed E-state index contributed by atoms with van der Waals surface area (Å²) in [5.41, 5.74) is 0.796. The number of thioether (sulfide) groups is 1. The molecule has 0 saturated carbocycles. The van der Waals surface area contributed by atoms with Crippen LogP contribution in [-0.4, -0.2) is 38.7 Å². The van der Waals surface area contributed by atoms with E-state index in [0.717, 1.165) is 39.7 Å². The first-order chi connectivity index (χ1) is 14.7. The van der Waals surface area contributed by atoms with Crippen LogP contribution in [0, 0.1) is 0 Å². The molecule has 0 spiro atoms. The standard InChI is InChI=1S/C22H19N3O4S/c1-28-17-11-9-16(10-12-17)25-20(23-24-22(25)30-14-21(26)27)13-29-19-8-4-6-15-5-2-3-7-18(15)19/h2-12H,13-14H2,1H3,(H,26,27). The molecule has 0 amide bonds. The minimum absolute atomic E-state index is 0.113. The third-order valence-electron chi connectivity index (χ3n) is 4.46. The molecule has 1 N–H and O–H groups in total. The summed E-state index contributed by atoms with van der Waals surface area (Å²) in [4.78, 5) is 11.0. The number of carboxylic acid groups (broad SMARTS) is 1. The highest BCUT2D eigenvalue weighted by molar-refractivity contribution is 7.99. The molecule has 0 saturated heterocycles. The van der Waals surface area contributed by atoms with Crippen LogP contribution in [0.15, 0.2) is 71.9 Å². The molecule has 0 unspecified atom stereocenters. The Balaban J connectivity index is 1.65. The third-order valence-corrected chi connectivity index (χ3v) is 5.38. The summed E-state index contributed by atoms with van der Waals surface area (Å²) in [6, 6.07) is 21.3. The van der Waals surface area contributed by atoms with Gasteiger partial charge in [-0.15, -0.1) is 10.2 Å². The summed E-state index contributed by atoms with van der Waals surface area (Å²) in [6.07, 6.45) is 0. The number of ether oxygens (including phenoxy) is 2. The zero-order valence-corrected chi connectivity index (χ0v) is 17.0. The fourth-order valence-electron chi connectivity index (χ4n) is 3.07. The maximum atomic E-state index is 11.0. The molecule has 1 aromatic heterocycles. The highest BCUT2D eigenvalue weighted by atomic mass is 32.2. The number of aliphatic carboxylic acids is 1. The lowest BCUT2D eigenvalue weighted by atomic mass is 10.1. The Morgan fingerprint density at radius 1 is 1.03 bits per heavy atom. The van der Waals surface area contributed by atoms with Crippen molar-refractivity contribution < 1.29 is 19.4 Å². The molecule has 0 radical (unpaired) electrons. The molecule has 0 aliphatic heterocycles. The van der Waals surface area contributed by atoms with E-state index in [2.05, 4.69) is 10.2 Å². The SMILES string of the molecule is COc1ccc(-n2c(COc3cccc4ccccc34)nnc2SCC(=O)O)cc1. The van der Waals surface area contributed by atoms with E-state index in [1.165, 1.54) is 0 Å². The van der Waals surface area contributed by atoms with Crippen molar-refractivity contribution in [3.8, 4) is 17.2 Å². The lowest BCUT2D eigenvalue weighted by Gasteiger charge is -2.12. The van der Waals surface area contributed by atoms with Crippen LogP contribution in [0.5, 0.6) is 11.5 Å². The van der Waals surface area contributed by atoms with E-state index in [-0.39, 0.29) is 12.4 Å². The molecule has 1 heterocycles. The van der Waals surface area contributed by atoms with Crippen LogP contribution in [0.1, 0.15) is 5.82 Å². The molecule has 7 nitrogen and oxygen atoms in total. The zero-order valence-electron chi connectivity index (χ0n) is 16.2. The van der Waals surface area contributed by atoms with Crippen molar-refractivity contribution in [2.75, 3.05) is 12.9 Å². The summed E-state index contributed by atoms with van der Waals surface area (Å²) >= 11 is 1.11. The van der Waals surface area contributed by atoms with Gasteiger partial charge in [-0.05, 0) is 35.7 Å². The number of methoxy groups -OCH3 is 1. The largest absolute Gasteiger partial charge is 0.497 e. The van der Waals surface area contributed by atoms with Gasteiger partial charge < -0.3 is 14.6 Å². The van der Waals surface area contributed by atoms with Gasteiger partial charge >= 0.3 is 5.97 Å². The molecule has 0 aliphatic carbocycles. The van der Waals surface area contributed by atoms with E-state index >= 15 is 0 Å². The Hall–Kier alpha value is -3.52. The van der Waals surface area contributed by atoms with E-state index in [0.29, 0.717) is 11.0 Å². The lowest BCUT2D eigenvalue weighted by molar-refractivity contribution is -0.133. The average Bonchev–Trinajstić information content (AvgIpc) is 3.19. The van der Waals surface area contributed by atoms with Gasteiger partial charge in [0, 0.05) is 11.1 Å². The number of benzene rings is 3. The van der Waals surface area contributed by atoms with Gasteiger partial charge in [0.2, 0.25) is 0 Å². The molecular weight excluding hydrogens is 402 g/mol. The second-order valence-corrected chi connectivity index (χ2v) is 7.32. The Morgan fingerprint density at radius 3 is 2.57 bits per heavy atom. The number of hydrogen-bond donors (Lipinski definition) is 1. The molecule has 30 heavy (non-hydrogen) atoms. The van der Waals surface area contributed by atoms with Crippen LogP contribution in [0.2, 0.25) is 0 Å². The highest BCUT2D eigenvalue weighted by Gasteiger charge is 2.17. The maximum Gasteiger partial charge on any atom is 0.313 e.